The number of aryl methyl sites for hydroxylation is 1. The minimum atomic E-state index is -0.478. The van der Waals surface area contributed by atoms with Crippen LogP contribution in [0, 0.1) is 18.3 Å². The van der Waals surface area contributed by atoms with E-state index in [9.17, 15) is 10.1 Å². The number of carbonyl (C=O) groups is 1. The molecule has 1 aliphatic heterocycles. The number of likely N-dealkylation sites (tertiary alicyclic amines) is 1. The van der Waals surface area contributed by atoms with E-state index in [0.717, 1.165) is 54.9 Å². The lowest BCUT2D eigenvalue weighted by Gasteiger charge is -2.28. The van der Waals surface area contributed by atoms with Gasteiger partial charge in [0.05, 0.1) is 29.7 Å². The van der Waals surface area contributed by atoms with Crippen LogP contribution in [0.5, 0.6) is 0 Å². The van der Waals surface area contributed by atoms with Crippen molar-refractivity contribution in [3.63, 3.8) is 0 Å². The molecule has 0 spiro atoms. The van der Waals surface area contributed by atoms with Gasteiger partial charge in [0.1, 0.15) is 6.04 Å². The molecule has 3 aromatic rings. The maximum absolute atomic E-state index is 12.5. The lowest BCUT2D eigenvalue weighted by Crippen LogP contribution is -2.33. The van der Waals surface area contributed by atoms with Crippen LogP contribution in [0.2, 0.25) is 0 Å². The number of hydrogen-bond donors (Lipinski definition) is 2. The Morgan fingerprint density at radius 1 is 1.23 bits per heavy atom. The van der Waals surface area contributed by atoms with Crippen LogP contribution in [0.1, 0.15) is 54.6 Å². The number of hydrogen-bond acceptors (Lipinski definition) is 7. The minimum Gasteiger partial charge on any atom is -0.336 e. The summed E-state index contributed by atoms with van der Waals surface area (Å²) in [5, 5.41) is 19.8. The van der Waals surface area contributed by atoms with E-state index in [4.69, 9.17) is 4.98 Å². The van der Waals surface area contributed by atoms with E-state index in [1.807, 2.05) is 43.1 Å². The summed E-state index contributed by atoms with van der Waals surface area (Å²) < 4.78 is 2.03. The van der Waals surface area contributed by atoms with Gasteiger partial charge >= 0.3 is 0 Å². The van der Waals surface area contributed by atoms with Crippen LogP contribution in [-0.2, 0) is 0 Å². The second-order valence-electron chi connectivity index (χ2n) is 9.11. The Labute approximate surface area is 206 Å². The zero-order chi connectivity index (χ0) is 24.8. The summed E-state index contributed by atoms with van der Waals surface area (Å²) in [6, 6.07) is 9.32. The van der Waals surface area contributed by atoms with Crippen molar-refractivity contribution in [2.24, 2.45) is 0 Å². The lowest BCUT2D eigenvalue weighted by atomic mass is 10.1. The highest BCUT2D eigenvalue weighted by atomic mass is 16.1. The van der Waals surface area contributed by atoms with Crippen LogP contribution >= 0.6 is 0 Å². The molecule has 3 heterocycles. The van der Waals surface area contributed by atoms with Gasteiger partial charge in [0.15, 0.2) is 0 Å². The fourth-order valence-corrected chi connectivity index (χ4v) is 4.26. The Morgan fingerprint density at radius 2 is 1.97 bits per heavy atom. The number of anilines is 2. The molecule has 1 fully saturated rings. The molecule has 182 valence electrons. The molecule has 1 amide bonds. The number of carbonyl (C=O) groups excluding carboxylic acids is 1. The molecule has 1 atom stereocenters. The van der Waals surface area contributed by atoms with Crippen molar-refractivity contribution in [3.8, 4) is 17.3 Å². The first-order valence-electron chi connectivity index (χ1n) is 12.1. The molecule has 2 N–H and O–H groups in total. The van der Waals surface area contributed by atoms with Gasteiger partial charge in [0.2, 0.25) is 5.95 Å². The number of piperidine rings is 1. The topological polar surface area (TPSA) is 112 Å². The molecule has 4 rings (SSSR count). The maximum Gasteiger partial charge on any atom is 0.252 e. The van der Waals surface area contributed by atoms with Crippen molar-refractivity contribution < 1.29 is 4.79 Å². The molecule has 1 aliphatic rings. The average Bonchev–Trinajstić information content (AvgIpc) is 3.34. The minimum absolute atomic E-state index is 0.250. The zero-order valence-electron chi connectivity index (χ0n) is 20.5. The molecular weight excluding hydrogens is 440 g/mol. The number of nitriles is 1. The first-order chi connectivity index (χ1) is 17.0. The smallest absolute Gasteiger partial charge is 0.252 e. The van der Waals surface area contributed by atoms with Crippen LogP contribution in [0.3, 0.4) is 0 Å². The fourth-order valence-electron chi connectivity index (χ4n) is 4.26. The van der Waals surface area contributed by atoms with Crippen LogP contribution in [0.25, 0.3) is 11.3 Å². The molecule has 0 unspecified atom stereocenters. The first-order valence-corrected chi connectivity index (χ1v) is 12.1. The summed E-state index contributed by atoms with van der Waals surface area (Å²) in [5.41, 5.74) is 3.97. The van der Waals surface area contributed by atoms with E-state index >= 15 is 0 Å². The predicted molar refractivity (Wildman–Crippen MR) is 135 cm³/mol. The standard InChI is InChI=1S/C26H32N8O/c1-4-5-21(14-27)30-25(35)20-8-6-19(7-9-20)24-18(2)15-28-26(32-24)31-22-16-29-34(17-22)23-10-12-33(3)13-11-23/h6-9,15-17,21,23H,4-5,10-13H2,1-3H3,(H,30,35)(H,28,31,32)/t21-/m0/s1. The second kappa shape index (κ2) is 11.1. The summed E-state index contributed by atoms with van der Waals surface area (Å²) in [6.45, 7) is 6.10. The summed E-state index contributed by atoms with van der Waals surface area (Å²) >= 11 is 0. The van der Waals surface area contributed by atoms with E-state index in [-0.39, 0.29) is 5.91 Å². The lowest BCUT2D eigenvalue weighted by molar-refractivity contribution is 0.0944. The van der Waals surface area contributed by atoms with E-state index in [1.165, 1.54) is 0 Å². The van der Waals surface area contributed by atoms with E-state index in [1.54, 1.807) is 18.3 Å². The number of nitrogens with one attached hydrogen (secondary N) is 2. The molecule has 9 nitrogen and oxygen atoms in total. The fraction of sp³-hybridized carbons (Fsp3) is 0.423. The third kappa shape index (κ3) is 6.03. The normalized spacial score (nSPS) is 15.4. The number of benzene rings is 1. The average molecular weight is 473 g/mol. The Kier molecular flexibility index (Phi) is 7.73. The van der Waals surface area contributed by atoms with Crippen LogP contribution in [-0.4, -0.2) is 56.7 Å². The molecule has 0 saturated carbocycles. The van der Waals surface area contributed by atoms with Gasteiger partial charge in [-0.3, -0.25) is 9.48 Å². The molecule has 35 heavy (non-hydrogen) atoms. The van der Waals surface area contributed by atoms with E-state index in [0.29, 0.717) is 24.0 Å². The number of amides is 1. The molecular formula is C26H32N8O. The molecule has 0 aliphatic carbocycles. The van der Waals surface area contributed by atoms with Crippen molar-refractivity contribution in [3.05, 3.63) is 54.0 Å². The molecule has 2 aromatic heterocycles. The third-order valence-corrected chi connectivity index (χ3v) is 6.35. The predicted octanol–water partition coefficient (Wildman–Crippen LogP) is 4.08. The first kappa shape index (κ1) is 24.4. The van der Waals surface area contributed by atoms with Gasteiger partial charge in [-0.1, -0.05) is 25.5 Å². The van der Waals surface area contributed by atoms with Crippen molar-refractivity contribution >= 4 is 17.5 Å². The SMILES string of the molecule is CCC[C@@H](C#N)NC(=O)c1ccc(-c2nc(Nc3cnn(C4CCN(C)CC4)c3)ncc2C)cc1. The highest BCUT2D eigenvalue weighted by Gasteiger charge is 2.19. The summed E-state index contributed by atoms with van der Waals surface area (Å²) in [4.78, 5) is 24.0. The number of rotatable bonds is 8. The molecule has 1 saturated heterocycles. The Morgan fingerprint density at radius 3 is 2.66 bits per heavy atom. The van der Waals surface area contributed by atoms with E-state index in [2.05, 4.69) is 38.7 Å². The van der Waals surface area contributed by atoms with Crippen molar-refractivity contribution in [2.45, 2.75) is 51.6 Å². The second-order valence-corrected chi connectivity index (χ2v) is 9.11. The van der Waals surface area contributed by atoms with Gasteiger partial charge in [-0.25, -0.2) is 9.97 Å². The number of aromatic nitrogens is 4. The van der Waals surface area contributed by atoms with E-state index < -0.39 is 6.04 Å². The van der Waals surface area contributed by atoms with Gasteiger partial charge in [0.25, 0.3) is 5.91 Å². The van der Waals surface area contributed by atoms with Crippen molar-refractivity contribution in [1.82, 2.24) is 30.0 Å². The van der Waals surface area contributed by atoms with Gasteiger partial charge < -0.3 is 15.5 Å². The van der Waals surface area contributed by atoms with Crippen LogP contribution in [0.15, 0.2) is 42.9 Å². The monoisotopic (exact) mass is 472 g/mol. The van der Waals surface area contributed by atoms with Crippen LogP contribution in [0.4, 0.5) is 11.6 Å². The molecule has 9 heteroatoms. The molecule has 1 aromatic carbocycles. The summed E-state index contributed by atoms with van der Waals surface area (Å²) in [7, 11) is 2.15. The molecule has 0 bridgehead atoms. The number of nitrogens with zero attached hydrogens (tertiary/aromatic N) is 6. The van der Waals surface area contributed by atoms with Crippen LogP contribution < -0.4 is 10.6 Å². The Bertz CT molecular complexity index is 1190. The van der Waals surface area contributed by atoms with Gasteiger partial charge in [0, 0.05) is 23.5 Å². The van der Waals surface area contributed by atoms with Crippen molar-refractivity contribution in [1.29, 1.82) is 5.26 Å². The molecule has 0 radical (unpaired) electrons. The van der Waals surface area contributed by atoms with Crippen molar-refractivity contribution in [2.75, 3.05) is 25.5 Å². The third-order valence-electron chi connectivity index (χ3n) is 6.35. The zero-order valence-corrected chi connectivity index (χ0v) is 20.5. The van der Waals surface area contributed by atoms with Gasteiger partial charge in [-0.15, -0.1) is 0 Å². The quantitative estimate of drug-likeness (QED) is 0.508. The maximum atomic E-state index is 12.5. The Hall–Kier alpha value is -3.77. The summed E-state index contributed by atoms with van der Waals surface area (Å²) in [6.07, 6.45) is 9.25. The highest BCUT2D eigenvalue weighted by molar-refractivity contribution is 5.95. The Balaban J connectivity index is 1.45. The summed E-state index contributed by atoms with van der Waals surface area (Å²) in [5.74, 6) is 0.242. The van der Waals surface area contributed by atoms with Gasteiger partial charge in [-0.05, 0) is 64.0 Å². The largest absolute Gasteiger partial charge is 0.336 e. The van der Waals surface area contributed by atoms with Gasteiger partial charge in [-0.2, -0.15) is 10.4 Å². The highest BCUT2D eigenvalue weighted by Crippen LogP contribution is 2.25.